The molecule has 0 fully saturated rings. The van der Waals surface area contributed by atoms with Gasteiger partial charge < -0.3 is 20.7 Å². The summed E-state index contributed by atoms with van der Waals surface area (Å²) in [5.41, 5.74) is 7.40. The van der Waals surface area contributed by atoms with Crippen LogP contribution in [0.25, 0.3) is 0 Å². The highest BCUT2D eigenvalue weighted by atomic mass is 16.5. The van der Waals surface area contributed by atoms with Gasteiger partial charge in [-0.1, -0.05) is 57.2 Å². The van der Waals surface area contributed by atoms with E-state index in [-0.39, 0.29) is 12.6 Å². The molecule has 28 heavy (non-hydrogen) atoms. The minimum atomic E-state index is -0.696. The quantitative estimate of drug-likeness (QED) is 0.547. The summed E-state index contributed by atoms with van der Waals surface area (Å²) in [6.45, 7) is 8.11. The number of nitrogens with two attached hydrogens (primary N) is 1. The molecule has 0 radical (unpaired) electrons. The lowest BCUT2D eigenvalue weighted by atomic mass is 10.1. The predicted octanol–water partition coefficient (Wildman–Crippen LogP) is 3.01. The molecule has 0 aliphatic rings. The molecule has 6 heteroatoms. The minimum absolute atomic E-state index is 0.0263. The molecule has 156 valence electrons. The fourth-order valence-corrected chi connectivity index (χ4v) is 2.81. The van der Waals surface area contributed by atoms with Crippen LogP contribution in [0.1, 0.15) is 44.4 Å². The molecule has 0 aliphatic heterocycles. The first-order chi connectivity index (χ1) is 13.6. The normalized spacial score (nSPS) is 12.9. The van der Waals surface area contributed by atoms with Crippen molar-refractivity contribution in [3.8, 4) is 0 Å². The second kappa shape index (κ2) is 14.1. The maximum Gasteiger partial charge on any atom is 0.123 e. The minimum Gasteiger partial charge on any atom is -0.395 e. The van der Waals surface area contributed by atoms with Crippen molar-refractivity contribution in [2.75, 3.05) is 32.0 Å². The van der Waals surface area contributed by atoms with Crippen molar-refractivity contribution < 1.29 is 14.9 Å². The highest BCUT2D eigenvalue weighted by molar-refractivity contribution is 5.30. The number of anilines is 1. The third kappa shape index (κ3) is 8.35. The summed E-state index contributed by atoms with van der Waals surface area (Å²) < 4.78 is 5.79. The van der Waals surface area contributed by atoms with Crippen LogP contribution >= 0.6 is 0 Å². The summed E-state index contributed by atoms with van der Waals surface area (Å²) >= 11 is 0. The Labute approximate surface area is 169 Å². The van der Waals surface area contributed by atoms with Crippen LogP contribution in [0, 0.1) is 0 Å². The van der Waals surface area contributed by atoms with Gasteiger partial charge in [0.25, 0.3) is 0 Å². The lowest BCUT2D eigenvalue weighted by Gasteiger charge is -2.31. The van der Waals surface area contributed by atoms with Crippen LogP contribution in [0.3, 0.4) is 0 Å². The van der Waals surface area contributed by atoms with Gasteiger partial charge in [-0.25, -0.2) is 4.98 Å². The molecule has 0 bridgehead atoms. The van der Waals surface area contributed by atoms with Crippen LogP contribution in [-0.4, -0.2) is 52.4 Å². The van der Waals surface area contributed by atoms with Gasteiger partial charge in [-0.15, -0.1) is 0 Å². The molecule has 2 aromatic rings. The van der Waals surface area contributed by atoms with E-state index in [1.807, 2.05) is 44.2 Å². The molecular formula is C22H35N3O3. The van der Waals surface area contributed by atoms with E-state index >= 15 is 0 Å². The standard InChI is InChI=1S/C20H29N3O3.C2H6/c1-2-10-23(12-19(25)17-8-9-20(21)22-11-17)18(13-24)15-26-14-16-6-4-3-5-7-16;1-2/h3-9,11,18-19,24-25H,2,10,12-15H2,1H3,(H2,21,22);1-2H3/t18-,19?;/m1./s1. The van der Waals surface area contributed by atoms with Crippen LogP contribution in [-0.2, 0) is 11.3 Å². The summed E-state index contributed by atoms with van der Waals surface area (Å²) in [6, 6.07) is 13.2. The first-order valence-corrected chi connectivity index (χ1v) is 10.00. The number of pyridine rings is 1. The second-order valence-corrected chi connectivity index (χ2v) is 6.36. The van der Waals surface area contributed by atoms with Gasteiger partial charge in [-0.3, -0.25) is 4.90 Å². The van der Waals surface area contributed by atoms with Gasteiger partial charge in [-0.2, -0.15) is 0 Å². The van der Waals surface area contributed by atoms with Gasteiger partial charge in [0, 0.05) is 18.3 Å². The van der Waals surface area contributed by atoms with E-state index in [1.165, 1.54) is 0 Å². The van der Waals surface area contributed by atoms with Gasteiger partial charge in [0.2, 0.25) is 0 Å². The number of aromatic nitrogens is 1. The number of hydrogen-bond donors (Lipinski definition) is 3. The van der Waals surface area contributed by atoms with Gasteiger partial charge in [0.15, 0.2) is 0 Å². The van der Waals surface area contributed by atoms with E-state index in [0.29, 0.717) is 31.1 Å². The average molecular weight is 390 g/mol. The third-order valence-electron chi connectivity index (χ3n) is 4.26. The molecule has 0 aliphatic carbocycles. The molecule has 1 aromatic heterocycles. The van der Waals surface area contributed by atoms with Gasteiger partial charge in [-0.05, 0) is 24.6 Å². The molecule has 0 spiro atoms. The highest BCUT2D eigenvalue weighted by Crippen LogP contribution is 2.16. The maximum atomic E-state index is 10.5. The average Bonchev–Trinajstić information content (AvgIpc) is 2.73. The lowest BCUT2D eigenvalue weighted by Crippen LogP contribution is -2.44. The van der Waals surface area contributed by atoms with Crippen LogP contribution in [0.15, 0.2) is 48.7 Å². The van der Waals surface area contributed by atoms with Crippen molar-refractivity contribution in [1.82, 2.24) is 9.88 Å². The van der Waals surface area contributed by atoms with E-state index < -0.39 is 6.10 Å². The first-order valence-electron chi connectivity index (χ1n) is 10.00. The number of benzene rings is 1. The summed E-state index contributed by atoms with van der Waals surface area (Å²) in [7, 11) is 0. The molecule has 0 saturated carbocycles. The SMILES string of the molecule is CC.CCCN(CC(O)c1ccc(N)nc1)[C@H](CO)COCc1ccccc1. The number of aliphatic hydroxyl groups excluding tert-OH is 2. The summed E-state index contributed by atoms with van der Waals surface area (Å²) in [4.78, 5) is 6.09. The fourth-order valence-electron chi connectivity index (χ4n) is 2.81. The molecule has 0 saturated heterocycles. The third-order valence-corrected chi connectivity index (χ3v) is 4.26. The fraction of sp³-hybridized carbons (Fsp3) is 0.500. The smallest absolute Gasteiger partial charge is 0.123 e. The summed E-state index contributed by atoms with van der Waals surface area (Å²) in [5, 5.41) is 20.3. The summed E-state index contributed by atoms with van der Waals surface area (Å²) in [5.74, 6) is 0.425. The van der Waals surface area contributed by atoms with Crippen LogP contribution < -0.4 is 5.73 Å². The Balaban J connectivity index is 0.00000190. The lowest BCUT2D eigenvalue weighted by molar-refractivity contribution is 0.00376. The van der Waals surface area contributed by atoms with E-state index in [9.17, 15) is 10.2 Å². The zero-order valence-electron chi connectivity index (χ0n) is 17.3. The number of nitrogen functional groups attached to an aromatic ring is 1. The van der Waals surface area contributed by atoms with Crippen molar-refractivity contribution in [3.63, 3.8) is 0 Å². The number of ether oxygens (including phenoxy) is 1. The Morgan fingerprint density at radius 1 is 1.14 bits per heavy atom. The van der Waals surface area contributed by atoms with E-state index in [0.717, 1.165) is 18.5 Å². The van der Waals surface area contributed by atoms with Crippen molar-refractivity contribution in [1.29, 1.82) is 0 Å². The van der Waals surface area contributed by atoms with E-state index in [2.05, 4.69) is 16.8 Å². The Bertz CT molecular complexity index is 623. The maximum absolute atomic E-state index is 10.5. The molecule has 1 unspecified atom stereocenters. The van der Waals surface area contributed by atoms with Crippen LogP contribution in [0.2, 0.25) is 0 Å². The molecule has 1 heterocycles. The molecule has 6 nitrogen and oxygen atoms in total. The van der Waals surface area contributed by atoms with Crippen molar-refractivity contribution in [2.24, 2.45) is 0 Å². The van der Waals surface area contributed by atoms with Crippen molar-refractivity contribution in [2.45, 2.75) is 45.9 Å². The Kier molecular flexibility index (Phi) is 12.1. The first kappa shape index (κ1) is 24.0. The Morgan fingerprint density at radius 2 is 1.86 bits per heavy atom. The van der Waals surface area contributed by atoms with Gasteiger partial charge in [0.1, 0.15) is 5.82 Å². The molecule has 2 atom stereocenters. The molecule has 0 amide bonds. The summed E-state index contributed by atoms with van der Waals surface area (Å²) in [6.07, 6.45) is 1.81. The molecule has 1 aromatic carbocycles. The monoisotopic (exact) mass is 389 g/mol. The second-order valence-electron chi connectivity index (χ2n) is 6.36. The Morgan fingerprint density at radius 3 is 2.43 bits per heavy atom. The zero-order valence-corrected chi connectivity index (χ0v) is 17.3. The highest BCUT2D eigenvalue weighted by Gasteiger charge is 2.21. The van der Waals surface area contributed by atoms with Gasteiger partial charge in [0.05, 0.1) is 32.0 Å². The van der Waals surface area contributed by atoms with Crippen LogP contribution in [0.4, 0.5) is 5.82 Å². The van der Waals surface area contributed by atoms with Gasteiger partial charge >= 0.3 is 0 Å². The van der Waals surface area contributed by atoms with E-state index in [4.69, 9.17) is 10.5 Å². The topological polar surface area (TPSA) is 91.8 Å². The molecule has 4 N–H and O–H groups in total. The van der Waals surface area contributed by atoms with Crippen LogP contribution in [0.5, 0.6) is 0 Å². The number of nitrogens with zero attached hydrogens (tertiary/aromatic N) is 2. The number of rotatable bonds is 11. The van der Waals surface area contributed by atoms with Crippen molar-refractivity contribution in [3.05, 3.63) is 59.8 Å². The molecular weight excluding hydrogens is 354 g/mol. The number of aliphatic hydroxyl groups is 2. The number of hydrogen-bond acceptors (Lipinski definition) is 6. The largest absolute Gasteiger partial charge is 0.395 e. The van der Waals surface area contributed by atoms with E-state index in [1.54, 1.807) is 18.3 Å². The molecule has 2 rings (SSSR count). The Hall–Kier alpha value is -1.99. The predicted molar refractivity (Wildman–Crippen MR) is 114 cm³/mol. The zero-order chi connectivity index (χ0) is 20.8. The van der Waals surface area contributed by atoms with Crippen molar-refractivity contribution >= 4 is 5.82 Å².